The smallest absolute Gasteiger partial charge is 0.254 e. The Morgan fingerprint density at radius 3 is 2.14 bits per heavy atom. The van der Waals surface area contributed by atoms with Crippen molar-refractivity contribution in [1.82, 2.24) is 10.2 Å². The van der Waals surface area contributed by atoms with E-state index in [-0.39, 0.29) is 17.9 Å². The summed E-state index contributed by atoms with van der Waals surface area (Å²) in [5.74, 6) is -0.134. The van der Waals surface area contributed by atoms with Crippen molar-refractivity contribution in [3.63, 3.8) is 0 Å². The second-order valence-electron chi connectivity index (χ2n) is 6.91. The Morgan fingerprint density at radius 2 is 1.43 bits per heavy atom. The molecule has 0 spiro atoms. The van der Waals surface area contributed by atoms with Gasteiger partial charge in [-0.05, 0) is 41.8 Å². The second kappa shape index (κ2) is 8.09. The fourth-order valence-corrected chi connectivity index (χ4v) is 3.74. The van der Waals surface area contributed by atoms with E-state index in [1.165, 1.54) is 5.56 Å². The third-order valence-electron chi connectivity index (χ3n) is 5.19. The molecular formula is C24H22N2O2. The molecule has 0 aromatic heterocycles. The zero-order valence-corrected chi connectivity index (χ0v) is 15.5. The topological polar surface area (TPSA) is 49.4 Å². The predicted octanol–water partition coefficient (Wildman–Crippen LogP) is 3.86. The number of fused-ring (bicyclic) bond motifs is 1. The molecule has 2 amide bonds. The van der Waals surface area contributed by atoms with Crippen LogP contribution in [0, 0.1) is 0 Å². The summed E-state index contributed by atoms with van der Waals surface area (Å²) in [7, 11) is 0. The maximum atomic E-state index is 13.1. The van der Waals surface area contributed by atoms with Crippen LogP contribution in [0.3, 0.4) is 0 Å². The van der Waals surface area contributed by atoms with Gasteiger partial charge in [0.1, 0.15) is 0 Å². The van der Waals surface area contributed by atoms with Gasteiger partial charge in [0.05, 0.1) is 6.04 Å². The van der Waals surface area contributed by atoms with E-state index in [0.717, 1.165) is 12.0 Å². The number of nitrogens with zero attached hydrogens (tertiary/aromatic N) is 1. The summed E-state index contributed by atoms with van der Waals surface area (Å²) < 4.78 is 0. The quantitative estimate of drug-likeness (QED) is 0.758. The van der Waals surface area contributed by atoms with Gasteiger partial charge in [0, 0.05) is 24.2 Å². The Balaban J connectivity index is 1.59. The predicted molar refractivity (Wildman–Crippen MR) is 109 cm³/mol. The number of carbonyl (C=O) groups excluding carboxylic acids is 2. The first kappa shape index (κ1) is 18.0. The molecule has 28 heavy (non-hydrogen) atoms. The lowest BCUT2D eigenvalue weighted by Crippen LogP contribution is -2.45. The molecule has 1 aliphatic heterocycles. The van der Waals surface area contributed by atoms with Gasteiger partial charge < -0.3 is 10.2 Å². The molecule has 0 bridgehead atoms. The van der Waals surface area contributed by atoms with Gasteiger partial charge in [0.25, 0.3) is 11.8 Å². The number of hydrogen-bond acceptors (Lipinski definition) is 2. The molecule has 1 aliphatic rings. The lowest BCUT2D eigenvalue weighted by molar-refractivity contribution is 0.0648. The van der Waals surface area contributed by atoms with Gasteiger partial charge in [-0.15, -0.1) is 0 Å². The Kier molecular flexibility index (Phi) is 5.20. The summed E-state index contributed by atoms with van der Waals surface area (Å²) in [6, 6.07) is 26.4. The standard InChI is InChI=1S/C24H22N2O2/c27-23(19-10-3-1-4-11-19)25-17-22-21-14-8-7-9-18(21)15-16-26(22)24(28)20-12-5-2-6-13-20/h1-14,22H,15-17H2,(H,25,27)/t22-/m1/s1. The molecular weight excluding hydrogens is 348 g/mol. The van der Waals surface area contributed by atoms with Gasteiger partial charge in [0.2, 0.25) is 0 Å². The van der Waals surface area contributed by atoms with Crippen LogP contribution >= 0.6 is 0 Å². The summed E-state index contributed by atoms with van der Waals surface area (Å²) in [5.41, 5.74) is 3.62. The van der Waals surface area contributed by atoms with Gasteiger partial charge >= 0.3 is 0 Å². The molecule has 0 radical (unpaired) electrons. The fourth-order valence-electron chi connectivity index (χ4n) is 3.74. The summed E-state index contributed by atoms with van der Waals surface area (Å²) in [6.07, 6.45) is 0.817. The van der Waals surface area contributed by atoms with E-state index in [2.05, 4.69) is 17.4 Å². The molecule has 4 nitrogen and oxygen atoms in total. The molecule has 1 heterocycles. The minimum absolute atomic E-state index is 0.00550. The number of rotatable bonds is 4. The Hall–Kier alpha value is -3.40. The summed E-state index contributed by atoms with van der Waals surface area (Å²) in [4.78, 5) is 27.6. The van der Waals surface area contributed by atoms with Gasteiger partial charge in [0.15, 0.2) is 0 Å². The minimum Gasteiger partial charge on any atom is -0.350 e. The van der Waals surface area contributed by atoms with E-state index in [1.54, 1.807) is 12.1 Å². The van der Waals surface area contributed by atoms with Crippen molar-refractivity contribution in [2.75, 3.05) is 13.1 Å². The van der Waals surface area contributed by atoms with Gasteiger partial charge in [-0.3, -0.25) is 9.59 Å². The molecule has 4 rings (SSSR count). The molecule has 0 saturated heterocycles. The molecule has 3 aromatic carbocycles. The van der Waals surface area contributed by atoms with Crippen molar-refractivity contribution in [3.8, 4) is 0 Å². The van der Waals surface area contributed by atoms with Crippen molar-refractivity contribution in [2.45, 2.75) is 12.5 Å². The number of carbonyl (C=O) groups is 2. The van der Waals surface area contributed by atoms with E-state index >= 15 is 0 Å². The highest BCUT2D eigenvalue weighted by atomic mass is 16.2. The molecule has 4 heteroatoms. The number of hydrogen-bond donors (Lipinski definition) is 1. The lowest BCUT2D eigenvalue weighted by Gasteiger charge is -2.37. The van der Waals surface area contributed by atoms with E-state index < -0.39 is 0 Å². The molecule has 1 atom stereocenters. The number of benzene rings is 3. The van der Waals surface area contributed by atoms with E-state index in [9.17, 15) is 9.59 Å². The van der Waals surface area contributed by atoms with E-state index in [0.29, 0.717) is 24.2 Å². The van der Waals surface area contributed by atoms with E-state index in [4.69, 9.17) is 0 Å². The van der Waals surface area contributed by atoms with E-state index in [1.807, 2.05) is 65.6 Å². The Bertz CT molecular complexity index is 970. The maximum absolute atomic E-state index is 13.1. The van der Waals surface area contributed by atoms with Crippen LogP contribution in [0.15, 0.2) is 84.9 Å². The molecule has 0 unspecified atom stereocenters. The zero-order valence-electron chi connectivity index (χ0n) is 15.5. The molecule has 140 valence electrons. The SMILES string of the molecule is O=C(NC[C@@H]1c2ccccc2CCN1C(=O)c1ccccc1)c1ccccc1. The average Bonchev–Trinajstić information content (AvgIpc) is 2.77. The van der Waals surface area contributed by atoms with Crippen LogP contribution in [0.1, 0.15) is 37.9 Å². The van der Waals surface area contributed by atoms with Gasteiger partial charge in [-0.2, -0.15) is 0 Å². The molecule has 3 aromatic rings. The van der Waals surface area contributed by atoms with Gasteiger partial charge in [-0.1, -0.05) is 60.7 Å². The molecule has 1 N–H and O–H groups in total. The van der Waals surface area contributed by atoms with Crippen LogP contribution in [0.2, 0.25) is 0 Å². The number of amides is 2. The summed E-state index contributed by atoms with van der Waals surface area (Å²) in [6.45, 7) is 1.01. The van der Waals surface area contributed by atoms with Crippen LogP contribution in [0.4, 0.5) is 0 Å². The fraction of sp³-hybridized carbons (Fsp3) is 0.167. The maximum Gasteiger partial charge on any atom is 0.254 e. The minimum atomic E-state index is -0.190. The number of nitrogens with one attached hydrogen (secondary N) is 1. The van der Waals surface area contributed by atoms with Crippen LogP contribution in [0.5, 0.6) is 0 Å². The third kappa shape index (κ3) is 3.67. The first-order chi connectivity index (χ1) is 13.7. The largest absolute Gasteiger partial charge is 0.350 e. The van der Waals surface area contributed by atoms with Crippen molar-refractivity contribution in [3.05, 3.63) is 107 Å². The van der Waals surface area contributed by atoms with Crippen LogP contribution in [-0.4, -0.2) is 29.8 Å². The highest BCUT2D eigenvalue weighted by Crippen LogP contribution is 2.30. The highest BCUT2D eigenvalue weighted by Gasteiger charge is 2.31. The molecule has 0 aliphatic carbocycles. The first-order valence-electron chi connectivity index (χ1n) is 9.51. The van der Waals surface area contributed by atoms with Gasteiger partial charge in [-0.25, -0.2) is 0 Å². The zero-order chi connectivity index (χ0) is 19.3. The van der Waals surface area contributed by atoms with Crippen LogP contribution < -0.4 is 5.32 Å². The Labute approximate surface area is 164 Å². The third-order valence-corrected chi connectivity index (χ3v) is 5.19. The van der Waals surface area contributed by atoms with Crippen molar-refractivity contribution >= 4 is 11.8 Å². The molecule has 0 fully saturated rings. The van der Waals surface area contributed by atoms with Crippen LogP contribution in [0.25, 0.3) is 0 Å². The normalized spacial score (nSPS) is 15.6. The Morgan fingerprint density at radius 1 is 0.821 bits per heavy atom. The first-order valence-corrected chi connectivity index (χ1v) is 9.51. The van der Waals surface area contributed by atoms with Crippen molar-refractivity contribution in [2.24, 2.45) is 0 Å². The second-order valence-corrected chi connectivity index (χ2v) is 6.91. The molecule has 0 saturated carbocycles. The van der Waals surface area contributed by atoms with Crippen molar-refractivity contribution < 1.29 is 9.59 Å². The summed E-state index contributed by atoms with van der Waals surface area (Å²) in [5, 5.41) is 3.01. The lowest BCUT2D eigenvalue weighted by atomic mass is 9.91. The highest BCUT2D eigenvalue weighted by molar-refractivity contribution is 5.95. The van der Waals surface area contributed by atoms with Crippen LogP contribution in [-0.2, 0) is 6.42 Å². The summed E-state index contributed by atoms with van der Waals surface area (Å²) >= 11 is 0. The monoisotopic (exact) mass is 370 g/mol. The van der Waals surface area contributed by atoms with Crippen molar-refractivity contribution in [1.29, 1.82) is 0 Å². The average molecular weight is 370 g/mol.